The second-order valence-corrected chi connectivity index (χ2v) is 7.07. The number of methoxy groups -OCH3 is 6. The third kappa shape index (κ3) is 4.58. The van der Waals surface area contributed by atoms with Gasteiger partial charge in [0.2, 0.25) is 17.4 Å². The van der Waals surface area contributed by atoms with Gasteiger partial charge >= 0.3 is 0 Å². The number of hydrogen-bond acceptors (Lipinski definition) is 11. The molecule has 0 aliphatic heterocycles. The van der Waals surface area contributed by atoms with Crippen LogP contribution >= 0.6 is 0 Å². The SMILES string of the molecule is COc1cc(Nc2nc(Nc3cc(OC)c(OC)c(OC)c3)c3[nH]cnc3n2)cc(OC)c1OC. The van der Waals surface area contributed by atoms with E-state index in [4.69, 9.17) is 28.4 Å². The van der Waals surface area contributed by atoms with Gasteiger partial charge in [-0.3, -0.25) is 0 Å². The van der Waals surface area contributed by atoms with Crippen molar-refractivity contribution in [2.75, 3.05) is 53.3 Å². The van der Waals surface area contributed by atoms with E-state index in [1.54, 1.807) is 73.3 Å². The Labute approximate surface area is 201 Å². The van der Waals surface area contributed by atoms with Gasteiger partial charge in [-0.15, -0.1) is 0 Å². The summed E-state index contributed by atoms with van der Waals surface area (Å²) in [6.45, 7) is 0. The predicted molar refractivity (Wildman–Crippen MR) is 130 cm³/mol. The van der Waals surface area contributed by atoms with Gasteiger partial charge in [0, 0.05) is 35.6 Å². The standard InChI is InChI=1S/C23H26N6O6/c1-30-14-7-12(8-15(31-2)19(14)34-5)26-22-18-21(25-11-24-18)28-23(29-22)27-13-9-16(32-3)20(35-6)17(10-13)33-4/h7-11H,1-6H3,(H3,24,25,26,27,28,29). The highest BCUT2D eigenvalue weighted by Gasteiger charge is 2.17. The minimum atomic E-state index is 0.300. The van der Waals surface area contributed by atoms with Crippen LogP contribution < -0.4 is 39.1 Å². The largest absolute Gasteiger partial charge is 0.493 e. The molecule has 4 rings (SSSR count). The van der Waals surface area contributed by atoms with E-state index in [1.165, 1.54) is 0 Å². The molecule has 0 radical (unpaired) electrons. The van der Waals surface area contributed by atoms with Crippen LogP contribution in [0, 0.1) is 0 Å². The summed E-state index contributed by atoms with van der Waals surface area (Å²) < 4.78 is 32.6. The molecule has 184 valence electrons. The Morgan fingerprint density at radius 2 is 1.11 bits per heavy atom. The highest BCUT2D eigenvalue weighted by Crippen LogP contribution is 2.42. The third-order valence-corrected chi connectivity index (χ3v) is 5.13. The van der Waals surface area contributed by atoms with Crippen LogP contribution in [0.1, 0.15) is 0 Å². The van der Waals surface area contributed by atoms with Crippen LogP contribution in [-0.2, 0) is 0 Å². The summed E-state index contributed by atoms with van der Waals surface area (Å²) in [7, 11) is 9.30. The first-order valence-corrected chi connectivity index (χ1v) is 10.4. The fourth-order valence-electron chi connectivity index (χ4n) is 3.55. The zero-order valence-corrected chi connectivity index (χ0v) is 20.2. The van der Waals surface area contributed by atoms with Crippen LogP contribution in [0.2, 0.25) is 0 Å². The lowest BCUT2D eigenvalue weighted by molar-refractivity contribution is 0.324. The van der Waals surface area contributed by atoms with Gasteiger partial charge in [0.1, 0.15) is 5.52 Å². The molecule has 0 atom stereocenters. The van der Waals surface area contributed by atoms with Crippen LogP contribution in [0.25, 0.3) is 11.2 Å². The van der Waals surface area contributed by atoms with E-state index in [0.29, 0.717) is 68.8 Å². The lowest BCUT2D eigenvalue weighted by atomic mass is 10.2. The van der Waals surface area contributed by atoms with E-state index in [1.807, 2.05) is 0 Å². The topological polar surface area (TPSA) is 134 Å². The van der Waals surface area contributed by atoms with Crippen molar-refractivity contribution in [1.82, 2.24) is 19.9 Å². The zero-order chi connectivity index (χ0) is 24.9. The molecule has 2 heterocycles. The maximum atomic E-state index is 5.45. The van der Waals surface area contributed by atoms with Gasteiger partial charge in [-0.25, -0.2) is 4.98 Å². The number of benzene rings is 2. The second kappa shape index (κ2) is 10.1. The Balaban J connectivity index is 1.73. The molecule has 0 fully saturated rings. The molecule has 0 bridgehead atoms. The predicted octanol–water partition coefficient (Wildman–Crippen LogP) is 3.89. The molecule has 4 aromatic rings. The average Bonchev–Trinajstić information content (AvgIpc) is 3.36. The van der Waals surface area contributed by atoms with Gasteiger partial charge in [-0.1, -0.05) is 0 Å². The minimum Gasteiger partial charge on any atom is -0.493 e. The van der Waals surface area contributed by atoms with Gasteiger partial charge in [0.15, 0.2) is 34.5 Å². The molecule has 0 saturated heterocycles. The second-order valence-electron chi connectivity index (χ2n) is 7.07. The highest BCUT2D eigenvalue weighted by molar-refractivity contribution is 5.87. The summed E-state index contributed by atoms with van der Waals surface area (Å²) in [4.78, 5) is 16.5. The van der Waals surface area contributed by atoms with Crippen molar-refractivity contribution in [3.05, 3.63) is 30.6 Å². The number of aromatic amines is 1. The van der Waals surface area contributed by atoms with Crippen molar-refractivity contribution >= 4 is 34.3 Å². The average molecular weight is 482 g/mol. The van der Waals surface area contributed by atoms with Crippen molar-refractivity contribution in [2.24, 2.45) is 0 Å². The lowest BCUT2D eigenvalue weighted by Crippen LogP contribution is -2.04. The summed E-state index contributed by atoms with van der Waals surface area (Å²) in [5.74, 6) is 3.73. The summed E-state index contributed by atoms with van der Waals surface area (Å²) in [5, 5.41) is 6.45. The van der Waals surface area contributed by atoms with E-state index in [9.17, 15) is 0 Å². The van der Waals surface area contributed by atoms with E-state index in [0.717, 1.165) is 0 Å². The van der Waals surface area contributed by atoms with Gasteiger partial charge < -0.3 is 44.0 Å². The molecule has 2 aromatic carbocycles. The molecule has 12 nitrogen and oxygen atoms in total. The molecule has 35 heavy (non-hydrogen) atoms. The third-order valence-electron chi connectivity index (χ3n) is 5.13. The number of nitrogens with one attached hydrogen (secondary N) is 3. The van der Waals surface area contributed by atoms with Crippen molar-refractivity contribution in [1.29, 1.82) is 0 Å². The molecule has 12 heteroatoms. The first-order chi connectivity index (χ1) is 17.0. The number of H-pyrrole nitrogens is 1. The summed E-state index contributed by atoms with van der Waals surface area (Å²) in [6, 6.07) is 7.06. The molecular formula is C23H26N6O6. The van der Waals surface area contributed by atoms with Crippen molar-refractivity contribution in [3.8, 4) is 34.5 Å². The van der Waals surface area contributed by atoms with Crippen molar-refractivity contribution in [2.45, 2.75) is 0 Å². The summed E-state index contributed by atoms with van der Waals surface area (Å²) >= 11 is 0. The van der Waals surface area contributed by atoms with Crippen LogP contribution in [-0.4, -0.2) is 62.6 Å². The number of ether oxygens (including phenoxy) is 6. The molecule has 3 N–H and O–H groups in total. The number of rotatable bonds is 10. The van der Waals surface area contributed by atoms with Crippen LogP contribution in [0.3, 0.4) is 0 Å². The van der Waals surface area contributed by atoms with Crippen LogP contribution in [0.4, 0.5) is 23.1 Å². The van der Waals surface area contributed by atoms with E-state index >= 15 is 0 Å². The van der Waals surface area contributed by atoms with E-state index in [-0.39, 0.29) is 0 Å². The molecule has 0 amide bonds. The lowest BCUT2D eigenvalue weighted by Gasteiger charge is -2.16. The number of nitrogens with zero attached hydrogens (tertiary/aromatic N) is 3. The molecule has 0 unspecified atom stereocenters. The van der Waals surface area contributed by atoms with Crippen molar-refractivity contribution < 1.29 is 28.4 Å². The van der Waals surface area contributed by atoms with Crippen LogP contribution in [0.15, 0.2) is 30.6 Å². The Morgan fingerprint density at radius 3 is 1.57 bits per heavy atom. The summed E-state index contributed by atoms with van der Waals surface area (Å²) in [5.41, 5.74) is 2.38. The number of imidazole rings is 1. The molecular weight excluding hydrogens is 456 g/mol. The molecule has 0 aliphatic rings. The molecule has 2 aromatic heterocycles. The monoisotopic (exact) mass is 482 g/mol. The Morgan fingerprint density at radius 1 is 0.629 bits per heavy atom. The Hall–Kier alpha value is -4.61. The van der Waals surface area contributed by atoms with Gasteiger partial charge in [-0.05, 0) is 0 Å². The first kappa shape index (κ1) is 23.5. The van der Waals surface area contributed by atoms with E-state index < -0.39 is 0 Å². The minimum absolute atomic E-state index is 0.300. The first-order valence-electron chi connectivity index (χ1n) is 10.4. The maximum absolute atomic E-state index is 5.45. The van der Waals surface area contributed by atoms with Crippen molar-refractivity contribution in [3.63, 3.8) is 0 Å². The number of fused-ring (bicyclic) bond motifs is 1. The van der Waals surface area contributed by atoms with Gasteiger partial charge in [0.25, 0.3) is 0 Å². The number of hydrogen-bond donors (Lipinski definition) is 3. The number of anilines is 4. The van der Waals surface area contributed by atoms with Gasteiger partial charge in [0.05, 0.1) is 49.0 Å². The fraction of sp³-hybridized carbons (Fsp3) is 0.261. The maximum Gasteiger partial charge on any atom is 0.231 e. The number of aromatic nitrogens is 4. The molecule has 0 aliphatic carbocycles. The normalized spacial score (nSPS) is 10.6. The highest BCUT2D eigenvalue weighted by atomic mass is 16.5. The Kier molecular flexibility index (Phi) is 6.81. The van der Waals surface area contributed by atoms with Gasteiger partial charge in [-0.2, -0.15) is 9.97 Å². The quantitative estimate of drug-likeness (QED) is 0.304. The molecule has 0 saturated carbocycles. The van der Waals surface area contributed by atoms with E-state index in [2.05, 4.69) is 30.6 Å². The zero-order valence-electron chi connectivity index (χ0n) is 20.2. The van der Waals surface area contributed by atoms with Crippen LogP contribution in [0.5, 0.6) is 34.5 Å². The summed E-state index contributed by atoms with van der Waals surface area (Å²) in [6.07, 6.45) is 1.54. The Bertz CT molecular complexity index is 1290. The fourth-order valence-corrected chi connectivity index (χ4v) is 3.55. The molecule has 0 spiro atoms. The smallest absolute Gasteiger partial charge is 0.231 e.